The lowest BCUT2D eigenvalue weighted by atomic mass is 10.1. The Balaban J connectivity index is 3.57. The molecule has 0 aliphatic rings. The Morgan fingerprint density at radius 1 is 1.41 bits per heavy atom. The van der Waals surface area contributed by atoms with Crippen LogP contribution in [0.2, 0.25) is 0 Å². The predicted octanol–water partition coefficient (Wildman–Crippen LogP) is 1.17. The number of nitriles is 2. The van der Waals surface area contributed by atoms with Crippen LogP contribution >= 0.6 is 8.38 Å². The molecular formula is C10H13N2O4P. The first-order valence-corrected chi connectivity index (χ1v) is 6.54. The zero-order valence-electron chi connectivity index (χ0n) is 9.46. The largest absolute Gasteiger partial charge is 0.334 e. The normalized spacial score (nSPS) is 13.1. The Bertz CT molecular complexity index is 334. The van der Waals surface area contributed by atoms with E-state index in [4.69, 9.17) is 19.6 Å². The number of rotatable bonds is 9. The quantitative estimate of drug-likeness (QED) is 0.348. The van der Waals surface area contributed by atoms with Crippen LogP contribution in [0.5, 0.6) is 0 Å². The van der Waals surface area contributed by atoms with Crippen molar-refractivity contribution in [1.82, 2.24) is 0 Å². The molecule has 6 nitrogen and oxygen atoms in total. The van der Waals surface area contributed by atoms with E-state index in [0.29, 0.717) is 12.7 Å². The van der Waals surface area contributed by atoms with Crippen LogP contribution in [0.15, 0.2) is 0 Å². The molecule has 7 heteroatoms. The molecule has 0 fully saturated rings. The molecule has 0 saturated heterocycles. The van der Waals surface area contributed by atoms with Gasteiger partial charge in [-0.05, 0) is 6.42 Å². The van der Waals surface area contributed by atoms with E-state index in [1.165, 1.54) is 6.07 Å². The third-order valence-electron chi connectivity index (χ3n) is 1.76. The molecule has 0 heterocycles. The van der Waals surface area contributed by atoms with Crippen molar-refractivity contribution in [3.05, 3.63) is 0 Å². The molecule has 0 saturated carbocycles. The molecule has 0 aromatic rings. The second-order valence-electron chi connectivity index (χ2n) is 3.05. The maximum Gasteiger partial charge on any atom is 0.234 e. The van der Waals surface area contributed by atoms with Crippen LogP contribution in [0.1, 0.15) is 12.8 Å². The summed E-state index contributed by atoms with van der Waals surface area (Å²) < 4.78 is 10.4. The minimum absolute atomic E-state index is 0.0433. The molecule has 2 unspecified atom stereocenters. The van der Waals surface area contributed by atoms with Crippen molar-refractivity contribution in [2.45, 2.75) is 12.8 Å². The first-order valence-electron chi connectivity index (χ1n) is 4.91. The number of nitrogens with zero attached hydrogens (tertiary/aromatic N) is 2. The van der Waals surface area contributed by atoms with Crippen LogP contribution in [0.3, 0.4) is 0 Å². The Morgan fingerprint density at radius 3 is 2.59 bits per heavy atom. The number of Topliss-reactive ketones (excluding diaryl/α,β-unsaturated/α-hetero) is 1. The molecule has 0 spiro atoms. The first-order chi connectivity index (χ1) is 8.13. The van der Waals surface area contributed by atoms with Crippen LogP contribution in [0.4, 0.5) is 0 Å². The van der Waals surface area contributed by atoms with E-state index in [-0.39, 0.29) is 19.6 Å². The van der Waals surface area contributed by atoms with Gasteiger partial charge in [0.1, 0.15) is 18.3 Å². The molecule has 17 heavy (non-hydrogen) atoms. The number of aldehydes is 1. The average Bonchev–Trinajstić information content (AvgIpc) is 2.34. The summed E-state index contributed by atoms with van der Waals surface area (Å²) in [5.74, 6) is -1.18. The van der Waals surface area contributed by atoms with Gasteiger partial charge >= 0.3 is 0 Å². The molecule has 0 N–H and O–H groups in total. The lowest BCUT2D eigenvalue weighted by Gasteiger charge is -2.12. The predicted molar refractivity (Wildman–Crippen MR) is 59.8 cm³/mol. The molecule has 0 bridgehead atoms. The van der Waals surface area contributed by atoms with Gasteiger partial charge in [-0.25, -0.2) is 0 Å². The second-order valence-corrected chi connectivity index (χ2v) is 4.45. The van der Waals surface area contributed by atoms with E-state index in [9.17, 15) is 9.59 Å². The van der Waals surface area contributed by atoms with Crippen LogP contribution in [0.25, 0.3) is 0 Å². The highest BCUT2D eigenvalue weighted by atomic mass is 31.2. The van der Waals surface area contributed by atoms with Crippen molar-refractivity contribution >= 4 is 20.4 Å². The van der Waals surface area contributed by atoms with Crippen LogP contribution in [-0.2, 0) is 18.6 Å². The second kappa shape index (κ2) is 9.86. The van der Waals surface area contributed by atoms with E-state index in [1.54, 1.807) is 6.66 Å². The summed E-state index contributed by atoms with van der Waals surface area (Å²) in [6, 6.07) is 3.31. The van der Waals surface area contributed by atoms with Gasteiger partial charge in [-0.1, -0.05) is 0 Å². The van der Waals surface area contributed by atoms with Gasteiger partial charge in [-0.15, -0.1) is 0 Å². The summed E-state index contributed by atoms with van der Waals surface area (Å²) in [5.41, 5.74) is 0. The fourth-order valence-electron chi connectivity index (χ4n) is 0.831. The fourth-order valence-corrected chi connectivity index (χ4v) is 1.62. The molecule has 0 aliphatic carbocycles. The van der Waals surface area contributed by atoms with Crippen LogP contribution < -0.4 is 0 Å². The number of hydrogen-bond acceptors (Lipinski definition) is 6. The third kappa shape index (κ3) is 8.47. The van der Waals surface area contributed by atoms with E-state index >= 15 is 0 Å². The van der Waals surface area contributed by atoms with Crippen molar-refractivity contribution in [2.75, 3.05) is 19.9 Å². The van der Waals surface area contributed by atoms with E-state index < -0.39 is 20.1 Å². The molecule has 0 aliphatic heterocycles. The molecule has 0 rings (SSSR count). The molecule has 2 atom stereocenters. The van der Waals surface area contributed by atoms with Gasteiger partial charge in [0.2, 0.25) is 5.78 Å². The average molecular weight is 256 g/mol. The maximum atomic E-state index is 10.6. The minimum Gasteiger partial charge on any atom is -0.334 e. The number of ketones is 1. The highest BCUT2D eigenvalue weighted by molar-refractivity contribution is 7.46. The van der Waals surface area contributed by atoms with Gasteiger partial charge in [-0.2, -0.15) is 10.5 Å². The summed E-state index contributed by atoms with van der Waals surface area (Å²) in [7, 11) is -1.14. The molecule has 0 amide bonds. The first kappa shape index (κ1) is 15.7. The zero-order chi connectivity index (χ0) is 13.1. The zero-order valence-corrected chi connectivity index (χ0v) is 10.4. The highest BCUT2D eigenvalue weighted by Crippen LogP contribution is 2.33. The fraction of sp³-hybridized carbons (Fsp3) is 0.600. The lowest BCUT2D eigenvalue weighted by molar-refractivity contribution is -0.114. The van der Waals surface area contributed by atoms with E-state index in [1.807, 2.05) is 6.07 Å². The minimum atomic E-state index is -1.14. The Labute approximate surface area is 101 Å². The summed E-state index contributed by atoms with van der Waals surface area (Å²) in [6.45, 7) is 2.10. The highest BCUT2D eigenvalue weighted by Gasteiger charge is 2.08. The Kier molecular flexibility index (Phi) is 9.09. The van der Waals surface area contributed by atoms with Crippen LogP contribution in [0, 0.1) is 28.6 Å². The van der Waals surface area contributed by atoms with Crippen molar-refractivity contribution in [2.24, 2.45) is 5.92 Å². The van der Waals surface area contributed by atoms with Crippen molar-refractivity contribution in [1.29, 1.82) is 10.5 Å². The van der Waals surface area contributed by atoms with Gasteiger partial charge < -0.3 is 13.8 Å². The molecular weight excluding hydrogens is 243 g/mol. The standard InChI is InChI=1S/C10H13N2O4P/c1-17(16-5-3-10(14)7-12)15-4-2-9(6-11)8-13/h8-9H,2-5H2,1H3. The lowest BCUT2D eigenvalue weighted by Crippen LogP contribution is -2.04. The molecule has 0 aromatic heterocycles. The number of carbonyl (C=O) groups excluding carboxylic acids is 2. The summed E-state index contributed by atoms with van der Waals surface area (Å²) in [4.78, 5) is 20.9. The topological polar surface area (TPSA) is 100 Å². The third-order valence-corrected chi connectivity index (χ3v) is 2.85. The number of hydrogen-bond donors (Lipinski definition) is 0. The summed E-state index contributed by atoms with van der Waals surface area (Å²) in [6.07, 6.45) is 0.947. The Hall–Kier alpha value is -1.33. The van der Waals surface area contributed by atoms with E-state index in [2.05, 4.69) is 0 Å². The molecule has 0 radical (unpaired) electrons. The van der Waals surface area contributed by atoms with Gasteiger partial charge in [0.15, 0.2) is 8.38 Å². The van der Waals surface area contributed by atoms with Gasteiger partial charge in [0, 0.05) is 13.1 Å². The Morgan fingerprint density at radius 2 is 2.06 bits per heavy atom. The maximum absolute atomic E-state index is 10.6. The summed E-state index contributed by atoms with van der Waals surface area (Å²) in [5, 5.41) is 16.7. The van der Waals surface area contributed by atoms with Gasteiger partial charge in [-0.3, -0.25) is 4.79 Å². The SMILES string of the molecule is CP(OCCC(=O)C#N)OCCC(C#N)C=O. The van der Waals surface area contributed by atoms with Crippen molar-refractivity contribution in [3.8, 4) is 12.1 Å². The summed E-state index contributed by atoms with van der Waals surface area (Å²) >= 11 is 0. The van der Waals surface area contributed by atoms with Crippen molar-refractivity contribution < 1.29 is 18.6 Å². The van der Waals surface area contributed by atoms with Crippen molar-refractivity contribution in [3.63, 3.8) is 0 Å². The van der Waals surface area contributed by atoms with Gasteiger partial charge in [0.05, 0.1) is 19.3 Å². The van der Waals surface area contributed by atoms with E-state index in [0.717, 1.165) is 0 Å². The van der Waals surface area contributed by atoms with Gasteiger partial charge in [0.25, 0.3) is 0 Å². The monoisotopic (exact) mass is 256 g/mol. The number of carbonyl (C=O) groups is 2. The molecule has 0 aromatic carbocycles. The smallest absolute Gasteiger partial charge is 0.234 e. The van der Waals surface area contributed by atoms with Crippen LogP contribution in [-0.4, -0.2) is 31.9 Å². The molecule has 92 valence electrons.